The molecule has 1 amide bonds. The fourth-order valence-corrected chi connectivity index (χ4v) is 2.38. The van der Waals surface area contributed by atoms with Crippen LogP contribution in [0.1, 0.15) is 36.9 Å². The first-order chi connectivity index (χ1) is 9.65. The van der Waals surface area contributed by atoms with Gasteiger partial charge in [-0.1, -0.05) is 29.8 Å². The van der Waals surface area contributed by atoms with Gasteiger partial charge in [-0.15, -0.1) is 0 Å². The van der Waals surface area contributed by atoms with Crippen LogP contribution in [0.25, 0.3) is 0 Å². The summed E-state index contributed by atoms with van der Waals surface area (Å²) in [6, 6.07) is 8.23. The second-order valence-corrected chi connectivity index (χ2v) is 5.46. The van der Waals surface area contributed by atoms with Crippen molar-refractivity contribution in [3.05, 3.63) is 35.4 Å². The number of carbonyl (C=O) groups excluding carboxylic acids is 1. The Kier molecular flexibility index (Phi) is 5.56. The van der Waals surface area contributed by atoms with E-state index < -0.39 is 0 Å². The summed E-state index contributed by atoms with van der Waals surface area (Å²) in [5.41, 5.74) is 2.34. The number of carbonyl (C=O) groups is 1. The van der Waals surface area contributed by atoms with Gasteiger partial charge in [0, 0.05) is 0 Å². The van der Waals surface area contributed by atoms with Crippen molar-refractivity contribution in [3.63, 3.8) is 0 Å². The molecule has 1 aromatic carbocycles. The van der Waals surface area contributed by atoms with Gasteiger partial charge in [0.25, 0.3) is 0 Å². The summed E-state index contributed by atoms with van der Waals surface area (Å²) in [4.78, 5) is 11.9. The first-order valence-corrected chi connectivity index (χ1v) is 7.33. The maximum absolute atomic E-state index is 11.9. The zero-order valence-corrected chi connectivity index (χ0v) is 12.3. The van der Waals surface area contributed by atoms with E-state index in [2.05, 4.69) is 29.7 Å². The van der Waals surface area contributed by atoms with E-state index in [1.807, 2.05) is 19.1 Å². The van der Waals surface area contributed by atoms with Crippen LogP contribution in [0, 0.1) is 6.92 Å². The van der Waals surface area contributed by atoms with Crippen LogP contribution in [-0.2, 0) is 9.53 Å². The minimum atomic E-state index is -0.0448. The Morgan fingerprint density at radius 2 is 2.00 bits per heavy atom. The van der Waals surface area contributed by atoms with E-state index in [0.29, 0.717) is 0 Å². The van der Waals surface area contributed by atoms with Crippen molar-refractivity contribution in [1.82, 2.24) is 10.6 Å². The van der Waals surface area contributed by atoms with Crippen LogP contribution < -0.4 is 10.6 Å². The third-order valence-corrected chi connectivity index (χ3v) is 3.69. The van der Waals surface area contributed by atoms with Gasteiger partial charge in [0.05, 0.1) is 12.1 Å². The number of hydrogen-bond acceptors (Lipinski definition) is 3. The van der Waals surface area contributed by atoms with E-state index in [4.69, 9.17) is 4.74 Å². The number of rotatable bonds is 5. The topological polar surface area (TPSA) is 50.4 Å². The Morgan fingerprint density at radius 3 is 2.65 bits per heavy atom. The highest BCUT2D eigenvalue weighted by Crippen LogP contribution is 2.13. The Balaban J connectivity index is 1.74. The van der Waals surface area contributed by atoms with Gasteiger partial charge in [0.2, 0.25) is 5.91 Å². The van der Waals surface area contributed by atoms with Gasteiger partial charge < -0.3 is 15.4 Å². The third-order valence-electron chi connectivity index (χ3n) is 3.69. The Morgan fingerprint density at radius 1 is 1.35 bits per heavy atom. The molecular formula is C16H24N2O2. The molecule has 4 nitrogen and oxygen atoms in total. The number of hydrogen-bond donors (Lipinski definition) is 2. The SMILES string of the molecule is Cc1ccc([C@H](C)NC(=O)COC2CCNCC2)cc1. The van der Waals surface area contributed by atoms with Gasteiger partial charge >= 0.3 is 0 Å². The van der Waals surface area contributed by atoms with Gasteiger partial charge in [-0.05, 0) is 45.3 Å². The van der Waals surface area contributed by atoms with Crippen molar-refractivity contribution in [1.29, 1.82) is 0 Å². The van der Waals surface area contributed by atoms with E-state index in [1.54, 1.807) is 0 Å². The minimum absolute atomic E-state index is 0.0136. The summed E-state index contributed by atoms with van der Waals surface area (Å²) >= 11 is 0. The number of ether oxygens (including phenoxy) is 1. The molecule has 1 aliphatic heterocycles. The molecular weight excluding hydrogens is 252 g/mol. The molecule has 1 fully saturated rings. The van der Waals surface area contributed by atoms with Crippen molar-refractivity contribution in [2.45, 2.75) is 38.8 Å². The van der Waals surface area contributed by atoms with Crippen molar-refractivity contribution in [2.24, 2.45) is 0 Å². The first kappa shape index (κ1) is 15.0. The lowest BCUT2D eigenvalue weighted by Crippen LogP contribution is -2.36. The van der Waals surface area contributed by atoms with Crippen LogP contribution in [0.4, 0.5) is 0 Å². The lowest BCUT2D eigenvalue weighted by atomic mass is 10.1. The van der Waals surface area contributed by atoms with E-state index in [1.165, 1.54) is 5.56 Å². The summed E-state index contributed by atoms with van der Waals surface area (Å²) in [6.07, 6.45) is 2.19. The summed E-state index contributed by atoms with van der Waals surface area (Å²) in [5, 5.41) is 6.26. The van der Waals surface area contributed by atoms with Crippen LogP contribution in [0.15, 0.2) is 24.3 Å². The zero-order valence-electron chi connectivity index (χ0n) is 12.3. The zero-order chi connectivity index (χ0) is 14.4. The molecule has 1 aliphatic rings. The van der Waals surface area contributed by atoms with E-state index in [-0.39, 0.29) is 24.7 Å². The van der Waals surface area contributed by atoms with E-state index >= 15 is 0 Å². The van der Waals surface area contributed by atoms with Gasteiger partial charge in [0.15, 0.2) is 0 Å². The molecule has 110 valence electrons. The molecule has 0 aliphatic carbocycles. The normalized spacial score (nSPS) is 17.7. The molecule has 1 atom stereocenters. The van der Waals surface area contributed by atoms with E-state index in [0.717, 1.165) is 31.5 Å². The van der Waals surface area contributed by atoms with Crippen LogP contribution in [0.2, 0.25) is 0 Å². The second kappa shape index (κ2) is 7.41. The van der Waals surface area contributed by atoms with Gasteiger partial charge in [-0.2, -0.15) is 0 Å². The molecule has 4 heteroatoms. The number of benzene rings is 1. The lowest BCUT2D eigenvalue weighted by Gasteiger charge is -2.23. The molecule has 0 bridgehead atoms. The highest BCUT2D eigenvalue weighted by Gasteiger charge is 2.16. The number of nitrogens with one attached hydrogen (secondary N) is 2. The maximum atomic E-state index is 11.9. The van der Waals surface area contributed by atoms with Crippen LogP contribution in [-0.4, -0.2) is 31.7 Å². The monoisotopic (exact) mass is 276 g/mol. The molecule has 0 spiro atoms. The highest BCUT2D eigenvalue weighted by atomic mass is 16.5. The standard InChI is InChI=1S/C16H24N2O2/c1-12-3-5-14(6-4-12)13(2)18-16(19)11-20-15-7-9-17-10-8-15/h3-6,13,15,17H,7-11H2,1-2H3,(H,18,19)/t13-/m0/s1. The number of piperidine rings is 1. The summed E-state index contributed by atoms with van der Waals surface area (Å²) in [7, 11) is 0. The maximum Gasteiger partial charge on any atom is 0.246 e. The lowest BCUT2D eigenvalue weighted by molar-refractivity contribution is -0.128. The van der Waals surface area contributed by atoms with Crippen LogP contribution >= 0.6 is 0 Å². The number of aryl methyl sites for hydroxylation is 1. The van der Waals surface area contributed by atoms with Gasteiger partial charge in [0.1, 0.15) is 6.61 Å². The minimum Gasteiger partial charge on any atom is -0.368 e. The van der Waals surface area contributed by atoms with Crippen LogP contribution in [0.5, 0.6) is 0 Å². The molecule has 0 unspecified atom stereocenters. The molecule has 2 N–H and O–H groups in total. The van der Waals surface area contributed by atoms with Crippen molar-refractivity contribution >= 4 is 5.91 Å². The summed E-state index contributed by atoms with van der Waals surface area (Å²) in [6.45, 7) is 6.16. The van der Waals surface area contributed by atoms with Gasteiger partial charge in [-0.3, -0.25) is 4.79 Å². The molecule has 0 radical (unpaired) electrons. The number of amides is 1. The quantitative estimate of drug-likeness (QED) is 0.864. The molecule has 0 aromatic heterocycles. The Labute approximate surface area is 120 Å². The largest absolute Gasteiger partial charge is 0.368 e. The molecule has 1 saturated heterocycles. The first-order valence-electron chi connectivity index (χ1n) is 7.33. The summed E-state index contributed by atoms with van der Waals surface area (Å²) in [5.74, 6) is -0.0448. The van der Waals surface area contributed by atoms with Crippen molar-refractivity contribution < 1.29 is 9.53 Å². The molecule has 1 aromatic rings. The fraction of sp³-hybridized carbons (Fsp3) is 0.562. The van der Waals surface area contributed by atoms with Crippen molar-refractivity contribution in [3.8, 4) is 0 Å². The second-order valence-electron chi connectivity index (χ2n) is 5.46. The molecule has 20 heavy (non-hydrogen) atoms. The highest BCUT2D eigenvalue weighted by molar-refractivity contribution is 5.77. The Hall–Kier alpha value is -1.39. The van der Waals surface area contributed by atoms with Crippen molar-refractivity contribution in [2.75, 3.05) is 19.7 Å². The molecule has 2 rings (SSSR count). The predicted octanol–water partition coefficient (Wildman–Crippen LogP) is 1.94. The average Bonchev–Trinajstić information content (AvgIpc) is 2.47. The Bertz CT molecular complexity index is 425. The average molecular weight is 276 g/mol. The van der Waals surface area contributed by atoms with Gasteiger partial charge in [-0.25, -0.2) is 0 Å². The van der Waals surface area contributed by atoms with Crippen LogP contribution in [0.3, 0.4) is 0 Å². The third kappa shape index (κ3) is 4.62. The molecule has 0 saturated carbocycles. The smallest absolute Gasteiger partial charge is 0.246 e. The molecule has 1 heterocycles. The predicted molar refractivity (Wildman–Crippen MR) is 79.6 cm³/mol. The van der Waals surface area contributed by atoms with E-state index in [9.17, 15) is 4.79 Å². The fourth-order valence-electron chi connectivity index (χ4n) is 2.38. The summed E-state index contributed by atoms with van der Waals surface area (Å²) < 4.78 is 5.65.